The number of nitrogens with zero attached hydrogens (tertiary/aromatic N) is 2. The van der Waals surface area contributed by atoms with Gasteiger partial charge in [-0.15, -0.1) is 0 Å². The van der Waals surface area contributed by atoms with Gasteiger partial charge in [0.1, 0.15) is 0 Å². The molecule has 4 saturated carbocycles. The minimum Gasteiger partial charge on any atom is -0.390 e. The Balaban J connectivity index is 1.49. The second-order valence-electron chi connectivity index (χ2n) is 9.45. The molecule has 4 aliphatic carbocycles. The maximum Gasteiger partial charge on any atom is 0.254 e. The van der Waals surface area contributed by atoms with E-state index in [4.69, 9.17) is 0 Å². The van der Waals surface area contributed by atoms with Gasteiger partial charge < -0.3 is 10.4 Å². The number of carbonyl (C=O) groups is 1. The quantitative estimate of drug-likeness (QED) is 0.722. The van der Waals surface area contributed by atoms with Gasteiger partial charge in [0.05, 0.1) is 16.9 Å². The van der Waals surface area contributed by atoms with Crippen molar-refractivity contribution in [2.24, 2.45) is 23.7 Å². The van der Waals surface area contributed by atoms with Crippen molar-refractivity contribution in [3.05, 3.63) is 17.5 Å². The van der Waals surface area contributed by atoms with Gasteiger partial charge in [0, 0.05) is 19.0 Å². The number of carbonyl (C=O) groups excluding carboxylic acids is 1. The Morgan fingerprint density at radius 2 is 1.93 bits per heavy atom. The number of nitrogens with one attached hydrogen (secondary N) is 1. The molecular formula is C20H29N3O4S. The number of aliphatic hydroxyl groups is 1. The Labute approximate surface area is 166 Å². The number of sulfone groups is 1. The molecule has 0 aliphatic heterocycles. The van der Waals surface area contributed by atoms with E-state index in [0.29, 0.717) is 41.5 Å². The highest BCUT2D eigenvalue weighted by molar-refractivity contribution is 7.90. The molecule has 0 spiro atoms. The van der Waals surface area contributed by atoms with Gasteiger partial charge in [-0.1, -0.05) is 13.8 Å². The van der Waals surface area contributed by atoms with Gasteiger partial charge in [0.2, 0.25) is 15.0 Å². The van der Waals surface area contributed by atoms with Crippen LogP contribution in [0.25, 0.3) is 0 Å². The average molecular weight is 408 g/mol. The molecule has 2 unspecified atom stereocenters. The fraction of sp³-hybridized carbons (Fsp3) is 0.750. The third kappa shape index (κ3) is 3.56. The van der Waals surface area contributed by atoms with Gasteiger partial charge >= 0.3 is 0 Å². The number of hydrogen-bond acceptors (Lipinski definition) is 6. The summed E-state index contributed by atoms with van der Waals surface area (Å²) in [7, 11) is -3.53. The molecule has 28 heavy (non-hydrogen) atoms. The van der Waals surface area contributed by atoms with Gasteiger partial charge in [-0.3, -0.25) is 4.79 Å². The van der Waals surface area contributed by atoms with Crippen LogP contribution in [0, 0.1) is 23.7 Å². The summed E-state index contributed by atoms with van der Waals surface area (Å²) in [5.41, 5.74) is 0.314. The fourth-order valence-corrected chi connectivity index (χ4v) is 6.41. The molecule has 0 saturated heterocycles. The minimum atomic E-state index is -3.53. The van der Waals surface area contributed by atoms with Crippen LogP contribution in [-0.2, 0) is 9.84 Å². The van der Waals surface area contributed by atoms with Crippen molar-refractivity contribution in [3.63, 3.8) is 0 Å². The highest BCUT2D eigenvalue weighted by atomic mass is 32.2. The number of aromatic nitrogens is 2. The number of hydrogen-bond donors (Lipinski definition) is 2. The predicted octanol–water partition coefficient (Wildman–Crippen LogP) is 1.92. The molecule has 2 atom stereocenters. The van der Waals surface area contributed by atoms with Crippen molar-refractivity contribution in [3.8, 4) is 0 Å². The van der Waals surface area contributed by atoms with Gasteiger partial charge in [-0.05, 0) is 61.7 Å². The Bertz CT molecular complexity index is 883. The predicted molar refractivity (Wildman–Crippen MR) is 104 cm³/mol. The van der Waals surface area contributed by atoms with E-state index >= 15 is 0 Å². The summed E-state index contributed by atoms with van der Waals surface area (Å²) in [4.78, 5) is 20.9. The summed E-state index contributed by atoms with van der Waals surface area (Å²) >= 11 is 0. The molecule has 1 aromatic heterocycles. The van der Waals surface area contributed by atoms with Crippen LogP contribution in [0.3, 0.4) is 0 Å². The Kier molecular flexibility index (Phi) is 4.77. The Hall–Kier alpha value is -1.54. The SMILES string of the molecule is CC(C)c1nc(S(C)(=O)=O)ncc1C(=O)NCC1C2CC3CC1CC(O)(C3)C2. The average Bonchev–Trinajstić information content (AvgIpc) is 2.58. The van der Waals surface area contributed by atoms with E-state index in [2.05, 4.69) is 15.3 Å². The number of amides is 1. The zero-order valence-corrected chi connectivity index (χ0v) is 17.5. The first-order valence-corrected chi connectivity index (χ1v) is 12.0. The molecule has 154 valence electrons. The van der Waals surface area contributed by atoms with E-state index in [1.54, 1.807) is 0 Å². The van der Waals surface area contributed by atoms with Crippen molar-refractivity contribution in [1.29, 1.82) is 0 Å². The molecule has 4 bridgehead atoms. The maximum absolute atomic E-state index is 12.8. The third-order valence-electron chi connectivity index (χ3n) is 6.85. The van der Waals surface area contributed by atoms with Crippen LogP contribution in [0.4, 0.5) is 0 Å². The number of rotatable bonds is 5. The molecule has 1 aromatic rings. The lowest BCUT2D eigenvalue weighted by molar-refractivity contribution is -0.150. The van der Waals surface area contributed by atoms with Crippen LogP contribution in [0.2, 0.25) is 0 Å². The molecule has 0 radical (unpaired) electrons. The molecule has 2 N–H and O–H groups in total. The fourth-order valence-electron chi connectivity index (χ4n) is 5.90. The summed E-state index contributed by atoms with van der Waals surface area (Å²) in [6, 6.07) is 0. The smallest absolute Gasteiger partial charge is 0.254 e. The van der Waals surface area contributed by atoms with Gasteiger partial charge in [-0.2, -0.15) is 0 Å². The normalized spacial score (nSPS) is 34.0. The van der Waals surface area contributed by atoms with Gasteiger partial charge in [0.25, 0.3) is 5.91 Å². The first-order valence-electron chi connectivity index (χ1n) is 10.1. The lowest BCUT2D eigenvalue weighted by atomic mass is 9.50. The van der Waals surface area contributed by atoms with Crippen molar-refractivity contribution in [1.82, 2.24) is 15.3 Å². The van der Waals surface area contributed by atoms with Crippen molar-refractivity contribution < 1.29 is 18.3 Å². The summed E-state index contributed by atoms with van der Waals surface area (Å²) in [5, 5.41) is 13.5. The second kappa shape index (κ2) is 6.76. The van der Waals surface area contributed by atoms with Crippen LogP contribution < -0.4 is 5.32 Å². The zero-order chi connectivity index (χ0) is 20.3. The molecule has 4 aliphatic rings. The summed E-state index contributed by atoms with van der Waals surface area (Å²) in [6.07, 6.45) is 7.35. The first-order chi connectivity index (χ1) is 13.1. The van der Waals surface area contributed by atoms with Gasteiger partial charge in [0.15, 0.2) is 0 Å². The van der Waals surface area contributed by atoms with Crippen LogP contribution in [0.5, 0.6) is 0 Å². The lowest BCUT2D eigenvalue weighted by Gasteiger charge is -2.58. The van der Waals surface area contributed by atoms with Crippen molar-refractivity contribution in [2.75, 3.05) is 12.8 Å². The monoisotopic (exact) mass is 407 g/mol. The maximum atomic E-state index is 12.8. The second-order valence-corrected chi connectivity index (χ2v) is 11.4. The minimum absolute atomic E-state index is 0.0975. The molecule has 5 rings (SSSR count). The Morgan fingerprint density at radius 1 is 1.29 bits per heavy atom. The zero-order valence-electron chi connectivity index (χ0n) is 16.7. The molecular weight excluding hydrogens is 378 g/mol. The highest BCUT2D eigenvalue weighted by Gasteiger charge is 2.54. The van der Waals surface area contributed by atoms with E-state index in [1.807, 2.05) is 13.8 Å². The van der Waals surface area contributed by atoms with Crippen LogP contribution in [0.1, 0.15) is 67.9 Å². The van der Waals surface area contributed by atoms with E-state index in [-0.39, 0.29) is 17.0 Å². The molecule has 1 heterocycles. The van der Waals surface area contributed by atoms with Crippen molar-refractivity contribution >= 4 is 15.7 Å². The third-order valence-corrected chi connectivity index (χ3v) is 7.71. The first kappa shape index (κ1) is 19.8. The van der Waals surface area contributed by atoms with Crippen LogP contribution in [0.15, 0.2) is 11.4 Å². The van der Waals surface area contributed by atoms with E-state index in [1.165, 1.54) is 6.20 Å². The van der Waals surface area contributed by atoms with E-state index in [0.717, 1.165) is 38.4 Å². The van der Waals surface area contributed by atoms with Gasteiger partial charge in [-0.25, -0.2) is 18.4 Å². The molecule has 8 heteroatoms. The summed E-state index contributed by atoms with van der Waals surface area (Å²) < 4.78 is 23.5. The van der Waals surface area contributed by atoms with E-state index in [9.17, 15) is 18.3 Å². The summed E-state index contributed by atoms with van der Waals surface area (Å²) in [6.45, 7) is 4.34. The molecule has 4 fully saturated rings. The highest BCUT2D eigenvalue weighted by Crippen LogP contribution is 2.58. The van der Waals surface area contributed by atoms with E-state index < -0.39 is 15.4 Å². The topological polar surface area (TPSA) is 109 Å². The lowest BCUT2D eigenvalue weighted by Crippen LogP contribution is -2.56. The molecule has 1 amide bonds. The molecule has 0 aromatic carbocycles. The van der Waals surface area contributed by atoms with Crippen molar-refractivity contribution in [2.45, 2.75) is 62.6 Å². The standard InChI is InChI=1S/C20H29N3O4S/c1-11(2)17-16(10-22-19(23-17)28(3,26)27)18(24)21-9-15-13-4-12-5-14(15)8-20(25,6-12)7-13/h10-15,25H,4-9H2,1-3H3,(H,21,24). The summed E-state index contributed by atoms with van der Waals surface area (Å²) in [5.74, 6) is 1.64. The largest absolute Gasteiger partial charge is 0.390 e. The Morgan fingerprint density at radius 3 is 2.46 bits per heavy atom. The van der Waals surface area contributed by atoms with Crippen LogP contribution >= 0.6 is 0 Å². The molecule has 7 nitrogen and oxygen atoms in total. The van der Waals surface area contributed by atoms with Crippen LogP contribution in [-0.4, -0.2) is 47.8 Å².